The van der Waals surface area contributed by atoms with Gasteiger partial charge in [0.2, 0.25) is 0 Å². The van der Waals surface area contributed by atoms with E-state index < -0.39 is 6.43 Å². The summed E-state index contributed by atoms with van der Waals surface area (Å²) in [5.74, 6) is 0. The molecule has 1 nitrogen and oxygen atoms in total. The van der Waals surface area contributed by atoms with Crippen molar-refractivity contribution in [1.29, 1.82) is 0 Å². The number of rotatable bonds is 3. The van der Waals surface area contributed by atoms with Crippen LogP contribution >= 0.6 is 15.9 Å². The summed E-state index contributed by atoms with van der Waals surface area (Å²) in [6, 6.07) is 5.13. The van der Waals surface area contributed by atoms with Crippen molar-refractivity contribution >= 4 is 15.9 Å². The number of hydrogen-bond donors (Lipinski definition) is 1. The summed E-state index contributed by atoms with van der Waals surface area (Å²) in [6.45, 7) is 1.97. The smallest absolute Gasteiger partial charge is 0.264 e. The Morgan fingerprint density at radius 2 is 2.00 bits per heavy atom. The maximum absolute atomic E-state index is 12.6. The molecule has 2 rings (SSSR count). The highest BCUT2D eigenvalue weighted by molar-refractivity contribution is 9.10. The minimum absolute atomic E-state index is 0.0170. The molecule has 1 atom stereocenters. The topological polar surface area (TPSA) is 26.0 Å². The van der Waals surface area contributed by atoms with E-state index in [1.54, 1.807) is 12.1 Å². The predicted molar refractivity (Wildman–Crippen MR) is 63.7 cm³/mol. The van der Waals surface area contributed by atoms with Gasteiger partial charge in [-0.15, -0.1) is 0 Å². The third-order valence-electron chi connectivity index (χ3n) is 3.47. The molecule has 2 N–H and O–H groups in total. The maximum Gasteiger partial charge on any atom is 0.264 e. The van der Waals surface area contributed by atoms with Gasteiger partial charge in [-0.3, -0.25) is 0 Å². The first-order chi connectivity index (χ1) is 7.47. The lowest BCUT2D eigenvalue weighted by Crippen LogP contribution is -2.31. The molecular weight excluding hydrogens is 276 g/mol. The second kappa shape index (κ2) is 4.08. The van der Waals surface area contributed by atoms with Crippen LogP contribution in [0.4, 0.5) is 8.78 Å². The molecule has 0 heterocycles. The second-order valence-electron chi connectivity index (χ2n) is 4.48. The van der Waals surface area contributed by atoms with Crippen LogP contribution in [0.2, 0.25) is 0 Å². The normalized spacial score (nSPS) is 19.9. The van der Waals surface area contributed by atoms with E-state index in [1.807, 2.05) is 6.92 Å². The van der Waals surface area contributed by atoms with E-state index in [2.05, 4.69) is 15.9 Å². The molecule has 0 amide bonds. The van der Waals surface area contributed by atoms with Crippen LogP contribution in [0, 0.1) is 0 Å². The first-order valence-corrected chi connectivity index (χ1v) is 6.10. The molecule has 16 heavy (non-hydrogen) atoms. The Labute approximate surface area is 102 Å². The molecule has 4 heteroatoms. The standard InChI is InChI=1S/C12H14BrF2N/c1-7(16)12(4-5-12)8-2-3-9(11(14)15)10(13)6-8/h2-3,6-7,11H,4-5,16H2,1H3. The van der Waals surface area contributed by atoms with Crippen LogP contribution in [0.25, 0.3) is 0 Å². The zero-order valence-electron chi connectivity index (χ0n) is 9.01. The van der Waals surface area contributed by atoms with Crippen LogP contribution in [0.1, 0.15) is 37.3 Å². The number of benzene rings is 1. The largest absolute Gasteiger partial charge is 0.327 e. The van der Waals surface area contributed by atoms with Crippen LogP contribution in [0.5, 0.6) is 0 Å². The fourth-order valence-electron chi connectivity index (χ4n) is 2.16. The Morgan fingerprint density at radius 1 is 1.38 bits per heavy atom. The monoisotopic (exact) mass is 289 g/mol. The van der Waals surface area contributed by atoms with Crippen molar-refractivity contribution < 1.29 is 8.78 Å². The molecule has 1 unspecified atom stereocenters. The molecule has 1 aromatic carbocycles. The van der Waals surface area contributed by atoms with Gasteiger partial charge in [-0.25, -0.2) is 8.78 Å². The van der Waals surface area contributed by atoms with Gasteiger partial charge in [-0.2, -0.15) is 0 Å². The van der Waals surface area contributed by atoms with Gasteiger partial charge in [0.05, 0.1) is 0 Å². The highest BCUT2D eigenvalue weighted by atomic mass is 79.9. The number of alkyl halides is 2. The van der Waals surface area contributed by atoms with Crippen molar-refractivity contribution in [2.75, 3.05) is 0 Å². The Kier molecular flexibility index (Phi) is 3.05. The van der Waals surface area contributed by atoms with Crippen molar-refractivity contribution in [3.63, 3.8) is 0 Å². The minimum atomic E-state index is -2.44. The van der Waals surface area contributed by atoms with Gasteiger partial charge < -0.3 is 5.73 Å². The van der Waals surface area contributed by atoms with E-state index in [0.29, 0.717) is 4.47 Å². The van der Waals surface area contributed by atoms with Crippen molar-refractivity contribution in [3.8, 4) is 0 Å². The fourth-order valence-corrected chi connectivity index (χ4v) is 2.71. The lowest BCUT2D eigenvalue weighted by atomic mass is 9.89. The minimum Gasteiger partial charge on any atom is -0.327 e. The first kappa shape index (κ1) is 12.0. The van der Waals surface area contributed by atoms with Gasteiger partial charge in [-0.1, -0.05) is 28.1 Å². The van der Waals surface area contributed by atoms with E-state index in [4.69, 9.17) is 5.73 Å². The zero-order chi connectivity index (χ0) is 11.9. The van der Waals surface area contributed by atoms with E-state index in [0.717, 1.165) is 18.4 Å². The van der Waals surface area contributed by atoms with E-state index >= 15 is 0 Å². The molecule has 1 aliphatic rings. The summed E-state index contributed by atoms with van der Waals surface area (Å²) < 4.78 is 25.6. The molecule has 1 fully saturated rings. The van der Waals surface area contributed by atoms with Crippen LogP contribution in [0.15, 0.2) is 22.7 Å². The second-order valence-corrected chi connectivity index (χ2v) is 5.34. The molecule has 0 aromatic heterocycles. The average molecular weight is 290 g/mol. The summed E-state index contributed by atoms with van der Waals surface area (Å²) in [7, 11) is 0. The fraction of sp³-hybridized carbons (Fsp3) is 0.500. The van der Waals surface area contributed by atoms with Crippen molar-refractivity contribution in [3.05, 3.63) is 33.8 Å². The summed E-state index contributed by atoms with van der Waals surface area (Å²) in [5, 5.41) is 0. The maximum atomic E-state index is 12.6. The van der Waals surface area contributed by atoms with Gasteiger partial charge in [0.15, 0.2) is 0 Å². The van der Waals surface area contributed by atoms with E-state index in [9.17, 15) is 8.78 Å². The Hall–Kier alpha value is -0.480. The average Bonchev–Trinajstić information content (AvgIpc) is 2.97. The lowest BCUT2D eigenvalue weighted by Gasteiger charge is -2.21. The van der Waals surface area contributed by atoms with Crippen LogP contribution in [-0.2, 0) is 5.41 Å². The van der Waals surface area contributed by atoms with Gasteiger partial charge in [0, 0.05) is 21.5 Å². The highest BCUT2D eigenvalue weighted by Crippen LogP contribution is 2.51. The number of halogens is 3. The molecule has 0 aliphatic heterocycles. The first-order valence-electron chi connectivity index (χ1n) is 5.31. The highest BCUT2D eigenvalue weighted by Gasteiger charge is 2.47. The molecule has 0 radical (unpaired) electrons. The Balaban J connectivity index is 2.35. The molecule has 1 saturated carbocycles. The van der Waals surface area contributed by atoms with Crippen LogP contribution in [0.3, 0.4) is 0 Å². The van der Waals surface area contributed by atoms with Gasteiger partial charge in [-0.05, 0) is 31.4 Å². The van der Waals surface area contributed by atoms with Gasteiger partial charge in [0.25, 0.3) is 6.43 Å². The molecule has 88 valence electrons. The van der Waals surface area contributed by atoms with E-state index in [1.165, 1.54) is 6.07 Å². The molecular formula is C12H14BrF2N. The summed E-state index contributed by atoms with van der Waals surface area (Å²) in [5.41, 5.74) is 7.08. The number of nitrogens with two attached hydrogens (primary N) is 1. The summed E-state index contributed by atoms with van der Waals surface area (Å²) >= 11 is 3.20. The molecule has 1 aromatic rings. The van der Waals surface area contributed by atoms with Gasteiger partial charge >= 0.3 is 0 Å². The molecule has 0 bridgehead atoms. The SMILES string of the molecule is CC(N)C1(c2ccc(C(F)F)c(Br)c2)CC1. The third-order valence-corrected chi connectivity index (χ3v) is 4.16. The van der Waals surface area contributed by atoms with Gasteiger partial charge in [0.1, 0.15) is 0 Å². The van der Waals surface area contributed by atoms with Crippen LogP contribution < -0.4 is 5.73 Å². The summed E-state index contributed by atoms with van der Waals surface area (Å²) in [6.07, 6.45) is -0.343. The predicted octanol–water partition coefficient (Wildman–Crippen LogP) is 3.77. The molecule has 0 spiro atoms. The summed E-state index contributed by atoms with van der Waals surface area (Å²) in [4.78, 5) is 0. The van der Waals surface area contributed by atoms with Crippen molar-refractivity contribution in [1.82, 2.24) is 0 Å². The third kappa shape index (κ3) is 1.89. The number of hydrogen-bond acceptors (Lipinski definition) is 1. The zero-order valence-corrected chi connectivity index (χ0v) is 10.6. The quantitative estimate of drug-likeness (QED) is 0.901. The van der Waals surface area contributed by atoms with Crippen molar-refractivity contribution in [2.45, 2.75) is 37.6 Å². The Bertz CT molecular complexity index is 400. The Morgan fingerprint density at radius 3 is 2.38 bits per heavy atom. The molecule has 1 aliphatic carbocycles. The van der Waals surface area contributed by atoms with Crippen LogP contribution in [-0.4, -0.2) is 6.04 Å². The molecule has 0 saturated heterocycles. The lowest BCUT2D eigenvalue weighted by molar-refractivity contribution is 0.150. The van der Waals surface area contributed by atoms with Crippen molar-refractivity contribution in [2.24, 2.45) is 5.73 Å². The van der Waals surface area contributed by atoms with E-state index in [-0.39, 0.29) is 17.0 Å².